The average molecular weight is 347 g/mol. The van der Waals surface area contributed by atoms with Gasteiger partial charge in [0.15, 0.2) is 0 Å². The highest BCUT2D eigenvalue weighted by Gasteiger charge is 2.44. The van der Waals surface area contributed by atoms with E-state index in [0.717, 1.165) is 12.0 Å². The molecule has 2 unspecified atom stereocenters. The van der Waals surface area contributed by atoms with Crippen LogP contribution in [0.25, 0.3) is 11.3 Å². The van der Waals surface area contributed by atoms with Gasteiger partial charge >= 0.3 is 6.01 Å². The van der Waals surface area contributed by atoms with Crippen LogP contribution in [0.2, 0.25) is 0 Å². The lowest BCUT2D eigenvalue weighted by atomic mass is 10.0. The molecule has 0 amide bonds. The minimum atomic E-state index is -0.153. The Labute approximate surface area is 144 Å². The number of ether oxygens (including phenoxy) is 2. The summed E-state index contributed by atoms with van der Waals surface area (Å²) in [7, 11) is 2.97. The Morgan fingerprint density at radius 2 is 2.00 bits per heavy atom. The zero-order valence-electron chi connectivity index (χ0n) is 14.1. The fourth-order valence-electron chi connectivity index (χ4n) is 3.05. The van der Waals surface area contributed by atoms with Gasteiger partial charge in [0.25, 0.3) is 0 Å². The first-order valence-corrected chi connectivity index (χ1v) is 7.93. The highest BCUT2D eigenvalue weighted by Crippen LogP contribution is 2.53. The molecular weight excluding hydrogens is 326 g/mol. The summed E-state index contributed by atoms with van der Waals surface area (Å²) in [4.78, 5) is 8.23. The first-order chi connectivity index (χ1) is 12.1. The molecule has 1 aliphatic rings. The molecule has 0 aromatic carbocycles. The minimum Gasteiger partial charge on any atom is -0.480 e. The Balaban J connectivity index is 1.93. The summed E-state index contributed by atoms with van der Waals surface area (Å²) in [6.07, 6.45) is 2.40. The molecule has 4 N–H and O–H groups in total. The average Bonchev–Trinajstić information content (AvgIpc) is 3.43. The number of rotatable bonds is 7. The molecule has 1 aliphatic carbocycles. The van der Waals surface area contributed by atoms with Gasteiger partial charge in [0.1, 0.15) is 11.5 Å². The van der Waals surface area contributed by atoms with Crippen molar-refractivity contribution in [1.29, 1.82) is 0 Å². The molecule has 2 atom stereocenters. The van der Waals surface area contributed by atoms with Crippen molar-refractivity contribution in [2.75, 3.05) is 33.2 Å². The maximum Gasteiger partial charge on any atom is 0.319 e. The van der Waals surface area contributed by atoms with Crippen LogP contribution in [0.5, 0.6) is 11.9 Å². The van der Waals surface area contributed by atoms with E-state index in [9.17, 15) is 10.2 Å². The van der Waals surface area contributed by atoms with Crippen molar-refractivity contribution in [2.45, 2.75) is 12.3 Å². The molecule has 25 heavy (non-hydrogen) atoms. The minimum absolute atomic E-state index is 0.0525. The number of anilines is 1. The number of aliphatic hydroxyl groups is 2. The number of methoxy groups -OCH3 is 2. The maximum atomic E-state index is 9.36. The third kappa shape index (κ3) is 3.33. The van der Waals surface area contributed by atoms with Crippen molar-refractivity contribution in [2.24, 2.45) is 11.8 Å². The lowest BCUT2D eigenvalue weighted by Gasteiger charge is -2.12. The molecule has 0 spiro atoms. The van der Waals surface area contributed by atoms with Gasteiger partial charge in [0.2, 0.25) is 5.88 Å². The van der Waals surface area contributed by atoms with Gasteiger partial charge in [-0.05, 0) is 24.3 Å². The summed E-state index contributed by atoms with van der Waals surface area (Å²) in [5.41, 5.74) is 7.96. The van der Waals surface area contributed by atoms with Crippen LogP contribution in [0.1, 0.15) is 17.9 Å². The molecule has 1 fully saturated rings. The number of nitrogen functional groups attached to an aromatic ring is 1. The molecular formula is C16H21N5O4. The highest BCUT2D eigenvalue weighted by molar-refractivity contribution is 5.66. The van der Waals surface area contributed by atoms with E-state index in [-0.39, 0.29) is 37.0 Å². The molecule has 1 saturated carbocycles. The monoisotopic (exact) mass is 347 g/mol. The van der Waals surface area contributed by atoms with Crippen LogP contribution in [0.4, 0.5) is 5.82 Å². The second kappa shape index (κ2) is 7.16. The zero-order valence-corrected chi connectivity index (χ0v) is 14.1. The third-order valence-electron chi connectivity index (χ3n) is 4.55. The van der Waals surface area contributed by atoms with E-state index in [0.29, 0.717) is 23.0 Å². The Bertz CT molecular complexity index is 753. The Kier molecular flexibility index (Phi) is 4.95. The SMILES string of the molecule is COc1ncc(-c2cc(C3CC3C(CO)CO)c(N)nn2)c(OC)n1. The molecule has 9 heteroatoms. The van der Waals surface area contributed by atoms with Crippen LogP contribution in [0.15, 0.2) is 12.3 Å². The van der Waals surface area contributed by atoms with E-state index in [1.165, 1.54) is 14.2 Å². The van der Waals surface area contributed by atoms with Gasteiger partial charge in [-0.1, -0.05) is 0 Å². The summed E-state index contributed by atoms with van der Waals surface area (Å²) >= 11 is 0. The molecule has 0 bridgehead atoms. The summed E-state index contributed by atoms with van der Waals surface area (Å²) < 4.78 is 10.3. The van der Waals surface area contributed by atoms with Crippen molar-refractivity contribution < 1.29 is 19.7 Å². The van der Waals surface area contributed by atoms with Crippen LogP contribution in [-0.2, 0) is 0 Å². The van der Waals surface area contributed by atoms with E-state index in [1.807, 2.05) is 6.07 Å². The van der Waals surface area contributed by atoms with Gasteiger partial charge in [0.05, 0.1) is 19.8 Å². The van der Waals surface area contributed by atoms with Gasteiger partial charge < -0.3 is 25.4 Å². The Hall–Kier alpha value is -2.52. The molecule has 2 heterocycles. The van der Waals surface area contributed by atoms with Gasteiger partial charge in [-0.2, -0.15) is 4.98 Å². The van der Waals surface area contributed by atoms with E-state index >= 15 is 0 Å². The molecule has 2 aromatic rings. The molecule has 0 radical (unpaired) electrons. The summed E-state index contributed by atoms with van der Waals surface area (Å²) in [5.74, 6) is 0.846. The van der Waals surface area contributed by atoms with Crippen LogP contribution in [0, 0.1) is 11.8 Å². The van der Waals surface area contributed by atoms with E-state index in [4.69, 9.17) is 15.2 Å². The molecule has 0 saturated heterocycles. The smallest absolute Gasteiger partial charge is 0.319 e. The normalized spacial score (nSPS) is 19.1. The fourth-order valence-corrected chi connectivity index (χ4v) is 3.05. The van der Waals surface area contributed by atoms with Crippen molar-refractivity contribution in [3.8, 4) is 23.1 Å². The van der Waals surface area contributed by atoms with Crippen LogP contribution < -0.4 is 15.2 Å². The maximum absolute atomic E-state index is 9.36. The number of aliphatic hydroxyl groups excluding tert-OH is 2. The molecule has 134 valence electrons. The van der Waals surface area contributed by atoms with E-state index in [2.05, 4.69) is 20.2 Å². The first kappa shape index (κ1) is 17.3. The van der Waals surface area contributed by atoms with E-state index < -0.39 is 0 Å². The van der Waals surface area contributed by atoms with Crippen LogP contribution >= 0.6 is 0 Å². The zero-order chi connectivity index (χ0) is 18.0. The van der Waals surface area contributed by atoms with Crippen LogP contribution in [-0.4, -0.2) is 57.8 Å². The van der Waals surface area contributed by atoms with Gasteiger partial charge in [-0.15, -0.1) is 10.2 Å². The quantitative estimate of drug-likeness (QED) is 0.643. The number of nitrogens with two attached hydrogens (primary N) is 1. The highest BCUT2D eigenvalue weighted by atomic mass is 16.5. The second-order valence-corrected chi connectivity index (χ2v) is 5.98. The number of aromatic nitrogens is 4. The van der Waals surface area contributed by atoms with Gasteiger partial charge in [-0.25, -0.2) is 4.98 Å². The molecule has 2 aromatic heterocycles. The Morgan fingerprint density at radius 1 is 1.24 bits per heavy atom. The predicted molar refractivity (Wildman–Crippen MR) is 89.1 cm³/mol. The number of hydrogen-bond acceptors (Lipinski definition) is 9. The topological polar surface area (TPSA) is 136 Å². The van der Waals surface area contributed by atoms with Crippen molar-refractivity contribution in [3.63, 3.8) is 0 Å². The van der Waals surface area contributed by atoms with E-state index in [1.54, 1.807) is 6.20 Å². The molecule has 0 aliphatic heterocycles. The van der Waals surface area contributed by atoms with Crippen molar-refractivity contribution in [1.82, 2.24) is 20.2 Å². The van der Waals surface area contributed by atoms with Gasteiger partial charge in [0, 0.05) is 30.9 Å². The van der Waals surface area contributed by atoms with Crippen molar-refractivity contribution >= 4 is 5.82 Å². The van der Waals surface area contributed by atoms with Crippen molar-refractivity contribution in [3.05, 3.63) is 17.8 Å². The largest absolute Gasteiger partial charge is 0.480 e. The summed E-state index contributed by atoms with van der Waals surface area (Å²) in [5, 5.41) is 26.9. The summed E-state index contributed by atoms with van der Waals surface area (Å²) in [6.45, 7) is -0.105. The first-order valence-electron chi connectivity index (χ1n) is 7.93. The second-order valence-electron chi connectivity index (χ2n) is 5.98. The standard InChI is InChI=1S/C16H21N5O4/c1-24-15-12(5-18-16(19-15)25-2)13-4-11(14(17)21-20-13)10-3-9(10)8(6-22)7-23/h4-5,8-10,22-23H,3,6-7H2,1-2H3,(H2,17,21). The summed E-state index contributed by atoms with van der Waals surface area (Å²) in [6, 6.07) is 2.03. The lowest BCUT2D eigenvalue weighted by molar-refractivity contribution is 0.134. The molecule has 3 rings (SSSR count). The number of hydrogen-bond donors (Lipinski definition) is 3. The lowest BCUT2D eigenvalue weighted by Crippen LogP contribution is -2.14. The third-order valence-corrected chi connectivity index (χ3v) is 4.55. The van der Waals surface area contributed by atoms with Crippen LogP contribution in [0.3, 0.4) is 0 Å². The molecule has 9 nitrogen and oxygen atoms in total. The number of nitrogens with zero attached hydrogens (tertiary/aromatic N) is 4. The van der Waals surface area contributed by atoms with Gasteiger partial charge in [-0.3, -0.25) is 0 Å². The Morgan fingerprint density at radius 3 is 2.64 bits per heavy atom. The fraction of sp³-hybridized carbons (Fsp3) is 0.500. The predicted octanol–water partition coefficient (Wildman–Crippen LogP) is 0.237.